The molecule has 1 N–H and O–H groups in total. The summed E-state index contributed by atoms with van der Waals surface area (Å²) in [6.45, 7) is 0. The Balaban J connectivity index is 2.01. The second kappa shape index (κ2) is 4.44. The molecule has 0 saturated carbocycles. The van der Waals surface area contributed by atoms with Crippen molar-refractivity contribution in [3.8, 4) is 0 Å². The molecule has 0 spiro atoms. The van der Waals surface area contributed by atoms with Crippen LogP contribution in [0.2, 0.25) is 0 Å². The predicted molar refractivity (Wildman–Crippen MR) is 63.6 cm³/mol. The van der Waals surface area contributed by atoms with E-state index in [1.165, 1.54) is 18.4 Å². The molecule has 0 bridgehead atoms. The van der Waals surface area contributed by atoms with Gasteiger partial charge in [0.25, 0.3) is 0 Å². The lowest BCUT2D eigenvalue weighted by atomic mass is 9.99. The van der Waals surface area contributed by atoms with Gasteiger partial charge in [0.05, 0.1) is 23.2 Å². The molecule has 1 aliphatic heterocycles. The van der Waals surface area contributed by atoms with Gasteiger partial charge in [0.15, 0.2) is 5.76 Å². The molecule has 3 rings (SSSR count). The van der Waals surface area contributed by atoms with Crippen molar-refractivity contribution in [2.24, 2.45) is 0 Å². The Morgan fingerprint density at radius 1 is 1.38 bits per heavy atom. The zero-order chi connectivity index (χ0) is 15.2. The van der Waals surface area contributed by atoms with E-state index in [0.29, 0.717) is 6.20 Å². The molecule has 2 aromatic rings. The maximum Gasteiger partial charge on any atom is 0.417 e. The standard InChI is InChI=1S/C13H7F3N2O3/c14-13(15,16)6-4-7-10(17-5-6)9(12(20)18-7)11(19)8-2-1-3-21-8/h1-5,9H,(H,18,20). The van der Waals surface area contributed by atoms with Crippen LogP contribution in [0.5, 0.6) is 0 Å². The van der Waals surface area contributed by atoms with E-state index in [9.17, 15) is 22.8 Å². The van der Waals surface area contributed by atoms with Gasteiger partial charge < -0.3 is 9.73 Å². The molecule has 21 heavy (non-hydrogen) atoms. The van der Waals surface area contributed by atoms with Gasteiger partial charge in [-0.1, -0.05) is 0 Å². The number of alkyl halides is 3. The average molecular weight is 296 g/mol. The van der Waals surface area contributed by atoms with Gasteiger partial charge in [-0.25, -0.2) is 0 Å². The molecule has 0 radical (unpaired) electrons. The molecule has 1 atom stereocenters. The van der Waals surface area contributed by atoms with Crippen molar-refractivity contribution < 1.29 is 27.2 Å². The van der Waals surface area contributed by atoms with Crippen molar-refractivity contribution in [1.29, 1.82) is 0 Å². The minimum Gasteiger partial charge on any atom is -0.461 e. The first kappa shape index (κ1) is 13.3. The maximum atomic E-state index is 12.6. The van der Waals surface area contributed by atoms with Crippen molar-refractivity contribution in [2.45, 2.75) is 12.1 Å². The van der Waals surface area contributed by atoms with Gasteiger partial charge in [0, 0.05) is 6.20 Å². The number of nitrogens with zero attached hydrogens (tertiary/aromatic N) is 1. The first-order valence-electron chi connectivity index (χ1n) is 5.83. The number of anilines is 1. The summed E-state index contributed by atoms with van der Waals surface area (Å²) in [6, 6.07) is 3.61. The van der Waals surface area contributed by atoms with Gasteiger partial charge in [-0.3, -0.25) is 14.6 Å². The quantitative estimate of drug-likeness (QED) is 0.683. The van der Waals surface area contributed by atoms with Crippen molar-refractivity contribution >= 4 is 17.4 Å². The number of aromatic nitrogens is 1. The number of pyridine rings is 1. The number of furan rings is 1. The molecule has 2 aromatic heterocycles. The molecular weight excluding hydrogens is 289 g/mol. The van der Waals surface area contributed by atoms with Gasteiger partial charge >= 0.3 is 6.18 Å². The molecule has 8 heteroatoms. The maximum absolute atomic E-state index is 12.6. The highest BCUT2D eigenvalue weighted by Gasteiger charge is 2.41. The van der Waals surface area contributed by atoms with Crippen molar-refractivity contribution in [3.05, 3.63) is 47.7 Å². The smallest absolute Gasteiger partial charge is 0.417 e. The third-order valence-electron chi connectivity index (χ3n) is 3.07. The molecule has 0 aromatic carbocycles. The van der Waals surface area contributed by atoms with Crippen LogP contribution in [-0.2, 0) is 11.0 Å². The summed E-state index contributed by atoms with van der Waals surface area (Å²) >= 11 is 0. The monoisotopic (exact) mass is 296 g/mol. The number of hydrogen-bond donors (Lipinski definition) is 1. The molecule has 0 fully saturated rings. The molecule has 0 saturated heterocycles. The van der Waals surface area contributed by atoms with Crippen molar-refractivity contribution in [3.63, 3.8) is 0 Å². The average Bonchev–Trinajstić information content (AvgIpc) is 3.02. The summed E-state index contributed by atoms with van der Waals surface area (Å²) in [5.74, 6) is -2.72. The van der Waals surface area contributed by atoms with E-state index in [0.717, 1.165) is 6.07 Å². The number of nitrogens with one attached hydrogen (secondary N) is 1. The highest BCUT2D eigenvalue weighted by atomic mass is 19.4. The number of ketones is 1. The van der Waals surface area contributed by atoms with Crippen molar-refractivity contribution in [1.82, 2.24) is 4.98 Å². The topological polar surface area (TPSA) is 72.2 Å². The van der Waals surface area contributed by atoms with E-state index in [-0.39, 0.29) is 17.1 Å². The summed E-state index contributed by atoms with van der Waals surface area (Å²) in [5.41, 5.74) is -1.14. The number of fused-ring (bicyclic) bond motifs is 1. The number of halogens is 3. The minimum atomic E-state index is -4.57. The minimum absolute atomic E-state index is 0.0330. The number of rotatable bonds is 2. The summed E-state index contributed by atoms with van der Waals surface area (Å²) < 4.78 is 42.7. The van der Waals surface area contributed by atoms with Gasteiger partial charge in [-0.15, -0.1) is 0 Å². The van der Waals surface area contributed by atoms with E-state index in [1.54, 1.807) is 0 Å². The molecule has 5 nitrogen and oxygen atoms in total. The predicted octanol–water partition coefficient (Wildman–Crippen LogP) is 2.61. The normalized spacial score (nSPS) is 17.5. The van der Waals surface area contributed by atoms with Gasteiger partial charge in [0.2, 0.25) is 11.7 Å². The Kier molecular flexibility index (Phi) is 2.82. The number of hydrogen-bond acceptors (Lipinski definition) is 4. The van der Waals surface area contributed by atoms with Crippen LogP contribution in [0.3, 0.4) is 0 Å². The Morgan fingerprint density at radius 2 is 2.14 bits per heavy atom. The highest BCUT2D eigenvalue weighted by Crippen LogP contribution is 2.37. The molecule has 0 aliphatic carbocycles. The van der Waals surface area contributed by atoms with Crippen LogP contribution < -0.4 is 5.32 Å². The van der Waals surface area contributed by atoms with E-state index in [4.69, 9.17) is 4.42 Å². The first-order valence-corrected chi connectivity index (χ1v) is 5.83. The zero-order valence-corrected chi connectivity index (χ0v) is 10.3. The van der Waals surface area contributed by atoms with Gasteiger partial charge in [-0.2, -0.15) is 13.2 Å². The van der Waals surface area contributed by atoms with Crippen LogP contribution in [-0.4, -0.2) is 16.7 Å². The van der Waals surface area contributed by atoms with E-state index in [2.05, 4.69) is 10.3 Å². The second-order valence-electron chi connectivity index (χ2n) is 4.42. The van der Waals surface area contributed by atoms with Gasteiger partial charge in [0.1, 0.15) is 5.92 Å². The molecule has 1 amide bonds. The zero-order valence-electron chi connectivity index (χ0n) is 10.3. The SMILES string of the molecule is O=C1Nc2cc(C(F)(F)F)cnc2C1C(=O)c1ccco1. The molecule has 108 valence electrons. The molecular formula is C13H7F3N2O3. The molecule has 1 aliphatic rings. The van der Waals surface area contributed by atoms with Crippen LogP contribution in [0.15, 0.2) is 35.1 Å². The summed E-state index contributed by atoms with van der Waals surface area (Å²) in [4.78, 5) is 27.6. The number of carbonyl (C=O) groups excluding carboxylic acids is 2. The molecule has 1 unspecified atom stereocenters. The third-order valence-corrected chi connectivity index (χ3v) is 3.07. The van der Waals surface area contributed by atoms with Crippen molar-refractivity contribution in [2.75, 3.05) is 5.32 Å². The Bertz CT molecular complexity index is 723. The van der Waals surface area contributed by atoms with Crippen LogP contribution >= 0.6 is 0 Å². The second-order valence-corrected chi connectivity index (χ2v) is 4.42. The number of Topliss-reactive ketones (excluding diaryl/α,β-unsaturated/α-hetero) is 1. The third kappa shape index (κ3) is 2.18. The van der Waals surface area contributed by atoms with Crippen LogP contribution in [0, 0.1) is 0 Å². The Hall–Kier alpha value is -2.64. The fraction of sp³-hybridized carbons (Fsp3) is 0.154. The van der Waals surface area contributed by atoms with Gasteiger partial charge in [-0.05, 0) is 18.2 Å². The number of carbonyl (C=O) groups is 2. The highest BCUT2D eigenvalue weighted by molar-refractivity contribution is 6.20. The van der Waals surface area contributed by atoms with Crippen LogP contribution in [0.1, 0.15) is 27.7 Å². The largest absolute Gasteiger partial charge is 0.461 e. The number of amides is 1. The molecule has 3 heterocycles. The summed E-state index contributed by atoms with van der Waals surface area (Å²) in [5, 5.41) is 2.24. The van der Waals surface area contributed by atoms with E-state index >= 15 is 0 Å². The van der Waals surface area contributed by atoms with E-state index < -0.39 is 29.3 Å². The fourth-order valence-corrected chi connectivity index (χ4v) is 2.09. The van der Waals surface area contributed by atoms with Crippen LogP contribution in [0.4, 0.5) is 18.9 Å². The van der Waals surface area contributed by atoms with E-state index in [1.807, 2.05) is 0 Å². The first-order chi connectivity index (χ1) is 9.88. The summed E-state index contributed by atoms with van der Waals surface area (Å²) in [6.07, 6.45) is -2.71. The lowest BCUT2D eigenvalue weighted by Gasteiger charge is -2.08. The Labute approximate surface area is 115 Å². The lowest BCUT2D eigenvalue weighted by molar-refractivity contribution is -0.137. The summed E-state index contributed by atoms with van der Waals surface area (Å²) in [7, 11) is 0. The fourth-order valence-electron chi connectivity index (χ4n) is 2.09. The Morgan fingerprint density at radius 3 is 2.76 bits per heavy atom. The lowest BCUT2D eigenvalue weighted by Crippen LogP contribution is -2.21. The van der Waals surface area contributed by atoms with Crippen LogP contribution in [0.25, 0.3) is 0 Å².